The van der Waals surface area contributed by atoms with Gasteiger partial charge in [-0.3, -0.25) is 4.21 Å². The Morgan fingerprint density at radius 2 is 2.00 bits per heavy atom. The molecule has 0 radical (unpaired) electrons. The summed E-state index contributed by atoms with van der Waals surface area (Å²) in [5.41, 5.74) is 0. The normalized spacial score (nSPS) is 35.5. The van der Waals surface area contributed by atoms with Crippen molar-refractivity contribution in [2.75, 3.05) is 18.6 Å². The fourth-order valence-electron chi connectivity index (χ4n) is 2.14. The maximum absolute atomic E-state index is 10.9. The summed E-state index contributed by atoms with van der Waals surface area (Å²) < 4.78 is 10.9. The highest BCUT2D eigenvalue weighted by Gasteiger charge is 2.23. The quantitative estimate of drug-likeness (QED) is 0.778. The van der Waals surface area contributed by atoms with Crippen LogP contribution in [-0.2, 0) is 10.8 Å². The first kappa shape index (κ1) is 12.2. The van der Waals surface area contributed by atoms with Crippen molar-refractivity contribution < 1.29 is 4.21 Å². The maximum Gasteiger partial charge on any atom is 0.0357 e. The molecule has 1 fully saturated rings. The SMILES string of the molecule is CC1CCC(NCCS(C)=O)CC1C. The van der Waals surface area contributed by atoms with E-state index in [9.17, 15) is 4.21 Å². The summed E-state index contributed by atoms with van der Waals surface area (Å²) in [4.78, 5) is 0. The van der Waals surface area contributed by atoms with Crippen LogP contribution in [0.1, 0.15) is 33.1 Å². The zero-order chi connectivity index (χ0) is 10.6. The van der Waals surface area contributed by atoms with Crippen LogP contribution in [0.5, 0.6) is 0 Å². The third kappa shape index (κ3) is 4.09. The number of nitrogens with one attached hydrogen (secondary N) is 1. The van der Waals surface area contributed by atoms with Gasteiger partial charge in [0, 0.05) is 35.4 Å². The van der Waals surface area contributed by atoms with Gasteiger partial charge in [0.05, 0.1) is 0 Å². The van der Waals surface area contributed by atoms with Crippen molar-refractivity contribution >= 4 is 10.8 Å². The van der Waals surface area contributed by atoms with Crippen molar-refractivity contribution in [2.45, 2.75) is 39.2 Å². The minimum atomic E-state index is -0.648. The van der Waals surface area contributed by atoms with Crippen molar-refractivity contribution in [3.63, 3.8) is 0 Å². The summed E-state index contributed by atoms with van der Waals surface area (Å²) in [6.07, 6.45) is 5.70. The van der Waals surface area contributed by atoms with Crippen molar-refractivity contribution in [2.24, 2.45) is 11.8 Å². The minimum Gasteiger partial charge on any atom is -0.313 e. The molecule has 0 amide bonds. The van der Waals surface area contributed by atoms with E-state index < -0.39 is 10.8 Å². The van der Waals surface area contributed by atoms with Crippen molar-refractivity contribution in [3.8, 4) is 0 Å². The second-order valence-corrected chi connectivity index (χ2v) is 6.25. The van der Waals surface area contributed by atoms with Gasteiger partial charge in [0.25, 0.3) is 0 Å². The third-order valence-corrected chi connectivity index (χ3v) is 4.20. The predicted molar refractivity (Wildman–Crippen MR) is 62.9 cm³/mol. The van der Waals surface area contributed by atoms with Crippen molar-refractivity contribution in [3.05, 3.63) is 0 Å². The van der Waals surface area contributed by atoms with Crippen molar-refractivity contribution in [1.29, 1.82) is 0 Å². The molecule has 0 aromatic rings. The van der Waals surface area contributed by atoms with E-state index in [0.29, 0.717) is 6.04 Å². The average molecular weight is 217 g/mol. The molecule has 1 rings (SSSR count). The molecule has 14 heavy (non-hydrogen) atoms. The first-order valence-corrected chi connectivity index (χ1v) is 7.35. The summed E-state index contributed by atoms with van der Waals surface area (Å²) in [6, 6.07) is 0.671. The second-order valence-electron chi connectivity index (χ2n) is 4.70. The lowest BCUT2D eigenvalue weighted by molar-refractivity contribution is 0.228. The smallest absolute Gasteiger partial charge is 0.0357 e. The van der Waals surface area contributed by atoms with Gasteiger partial charge in [0.1, 0.15) is 0 Å². The topological polar surface area (TPSA) is 29.1 Å². The van der Waals surface area contributed by atoms with Gasteiger partial charge >= 0.3 is 0 Å². The van der Waals surface area contributed by atoms with E-state index in [1.165, 1.54) is 19.3 Å². The minimum absolute atomic E-state index is 0.648. The Kier molecular flexibility index (Phi) is 5.10. The van der Waals surface area contributed by atoms with Crippen LogP contribution >= 0.6 is 0 Å². The third-order valence-electron chi connectivity index (χ3n) is 3.42. The zero-order valence-corrected chi connectivity index (χ0v) is 10.4. The molecule has 3 heteroatoms. The molecular formula is C11H23NOS. The standard InChI is InChI=1S/C11H23NOS/c1-9-4-5-11(8-10(9)2)12-6-7-14(3)13/h9-12H,4-8H2,1-3H3. The fourth-order valence-corrected chi connectivity index (χ4v) is 2.55. The summed E-state index contributed by atoms with van der Waals surface area (Å²) in [6.45, 7) is 5.60. The molecule has 2 nitrogen and oxygen atoms in total. The average Bonchev–Trinajstić information content (AvgIpc) is 2.10. The predicted octanol–water partition coefficient (Wildman–Crippen LogP) is 1.78. The molecule has 0 bridgehead atoms. The Morgan fingerprint density at radius 1 is 1.29 bits per heavy atom. The van der Waals surface area contributed by atoms with Gasteiger partial charge in [-0.25, -0.2) is 0 Å². The highest BCUT2D eigenvalue weighted by atomic mass is 32.2. The van der Waals surface area contributed by atoms with Gasteiger partial charge in [-0.2, -0.15) is 0 Å². The van der Waals surface area contributed by atoms with Crippen LogP contribution in [-0.4, -0.2) is 28.8 Å². The van der Waals surface area contributed by atoms with Crippen LogP contribution in [0, 0.1) is 11.8 Å². The van der Waals surface area contributed by atoms with E-state index in [1.54, 1.807) is 6.26 Å². The van der Waals surface area contributed by atoms with E-state index in [4.69, 9.17) is 0 Å². The lowest BCUT2D eigenvalue weighted by atomic mass is 9.79. The van der Waals surface area contributed by atoms with Gasteiger partial charge in [0.15, 0.2) is 0 Å². The first-order chi connectivity index (χ1) is 6.59. The highest BCUT2D eigenvalue weighted by molar-refractivity contribution is 7.84. The van der Waals surface area contributed by atoms with E-state index in [1.807, 2.05) is 0 Å². The van der Waals surface area contributed by atoms with E-state index in [2.05, 4.69) is 19.2 Å². The molecule has 1 aliphatic carbocycles. The van der Waals surface area contributed by atoms with E-state index in [0.717, 1.165) is 24.1 Å². The van der Waals surface area contributed by atoms with Crippen LogP contribution in [0.15, 0.2) is 0 Å². The molecule has 4 atom stereocenters. The van der Waals surface area contributed by atoms with Crippen LogP contribution in [0.2, 0.25) is 0 Å². The summed E-state index contributed by atoms with van der Waals surface area (Å²) in [5, 5.41) is 3.51. The van der Waals surface area contributed by atoms with Gasteiger partial charge in [-0.05, 0) is 31.1 Å². The molecule has 0 saturated heterocycles. The molecule has 0 aliphatic heterocycles. The van der Waals surface area contributed by atoms with Crippen LogP contribution < -0.4 is 5.32 Å². The number of hydrogen-bond donors (Lipinski definition) is 1. The molecule has 4 unspecified atom stereocenters. The molecule has 1 N–H and O–H groups in total. The maximum atomic E-state index is 10.9. The van der Waals surface area contributed by atoms with E-state index in [-0.39, 0.29) is 0 Å². The zero-order valence-electron chi connectivity index (χ0n) is 9.58. The summed E-state index contributed by atoms with van der Waals surface area (Å²) in [5.74, 6) is 2.52. The number of hydrogen-bond acceptors (Lipinski definition) is 2. The monoisotopic (exact) mass is 217 g/mol. The summed E-state index contributed by atoms with van der Waals surface area (Å²) in [7, 11) is -0.648. The van der Waals surface area contributed by atoms with Gasteiger partial charge < -0.3 is 5.32 Å². The van der Waals surface area contributed by atoms with Crippen molar-refractivity contribution in [1.82, 2.24) is 5.32 Å². The number of rotatable bonds is 4. The lowest BCUT2D eigenvalue weighted by Crippen LogP contribution is -2.37. The van der Waals surface area contributed by atoms with Gasteiger partial charge in [-0.15, -0.1) is 0 Å². The van der Waals surface area contributed by atoms with Gasteiger partial charge in [-0.1, -0.05) is 13.8 Å². The molecule has 0 spiro atoms. The largest absolute Gasteiger partial charge is 0.313 e. The Labute approximate surface area is 90.3 Å². The fraction of sp³-hybridized carbons (Fsp3) is 1.00. The molecule has 1 aliphatic rings. The first-order valence-electron chi connectivity index (χ1n) is 5.63. The molecule has 0 heterocycles. The molecule has 1 saturated carbocycles. The van der Waals surface area contributed by atoms with Crippen LogP contribution in [0.3, 0.4) is 0 Å². The molecule has 84 valence electrons. The Morgan fingerprint density at radius 3 is 2.57 bits per heavy atom. The lowest BCUT2D eigenvalue weighted by Gasteiger charge is -2.32. The Bertz CT molecular complexity index is 196. The Hall–Kier alpha value is 0.110. The Balaban J connectivity index is 2.16. The highest BCUT2D eigenvalue weighted by Crippen LogP contribution is 2.29. The van der Waals surface area contributed by atoms with Crippen LogP contribution in [0.4, 0.5) is 0 Å². The van der Waals surface area contributed by atoms with Gasteiger partial charge in [0.2, 0.25) is 0 Å². The van der Waals surface area contributed by atoms with E-state index >= 15 is 0 Å². The summed E-state index contributed by atoms with van der Waals surface area (Å²) >= 11 is 0. The molecule has 0 aromatic heterocycles. The van der Waals surface area contributed by atoms with Crippen LogP contribution in [0.25, 0.3) is 0 Å². The second kappa shape index (κ2) is 5.86. The molecule has 0 aromatic carbocycles. The molecular weight excluding hydrogens is 194 g/mol.